The first-order valence-corrected chi connectivity index (χ1v) is 14.5. The summed E-state index contributed by atoms with van der Waals surface area (Å²) in [5, 5.41) is 3.84. The number of halogens is 2. The summed E-state index contributed by atoms with van der Waals surface area (Å²) in [6.07, 6.45) is 1.89. The van der Waals surface area contributed by atoms with Crippen molar-refractivity contribution in [2.75, 3.05) is 19.8 Å². The summed E-state index contributed by atoms with van der Waals surface area (Å²) in [5.74, 6) is 1.02. The quantitative estimate of drug-likeness (QED) is 0.211. The van der Waals surface area contributed by atoms with Crippen LogP contribution in [0, 0.1) is 0 Å². The molecule has 0 fully saturated rings. The summed E-state index contributed by atoms with van der Waals surface area (Å²) in [5.41, 5.74) is 2.72. The lowest BCUT2D eigenvalue weighted by Crippen LogP contribution is -2.50. The van der Waals surface area contributed by atoms with Crippen LogP contribution in [0.3, 0.4) is 0 Å². The molecule has 0 radical (unpaired) electrons. The van der Waals surface area contributed by atoms with E-state index in [1.807, 2.05) is 75.4 Å². The van der Waals surface area contributed by atoms with Gasteiger partial charge in [-0.2, -0.15) is 0 Å². The topological polar surface area (TPSA) is 67.9 Å². The average Bonchev–Trinajstić information content (AvgIpc) is 2.96. The maximum absolute atomic E-state index is 13.9. The lowest BCUT2D eigenvalue weighted by Gasteiger charge is -2.32. The van der Waals surface area contributed by atoms with Crippen LogP contribution in [-0.4, -0.2) is 42.5 Å². The summed E-state index contributed by atoms with van der Waals surface area (Å²) < 4.78 is 11.4. The van der Waals surface area contributed by atoms with Gasteiger partial charge in [0.25, 0.3) is 0 Å². The number of carbonyl (C=O) groups excluding carboxylic acids is 2. The summed E-state index contributed by atoms with van der Waals surface area (Å²) in [7, 11) is 0. The van der Waals surface area contributed by atoms with Gasteiger partial charge in [-0.15, -0.1) is 0 Å². The zero-order valence-corrected chi connectivity index (χ0v) is 24.9. The molecule has 1 atom stereocenters. The number of amides is 2. The molecule has 0 aliphatic carbocycles. The van der Waals surface area contributed by atoms with Crippen LogP contribution in [0.5, 0.6) is 11.5 Å². The van der Waals surface area contributed by atoms with E-state index >= 15 is 0 Å². The monoisotopic (exact) mass is 584 g/mol. The van der Waals surface area contributed by atoms with Crippen molar-refractivity contribution in [3.05, 3.63) is 93.5 Å². The maximum atomic E-state index is 13.9. The minimum Gasteiger partial charge on any atom is -0.490 e. The van der Waals surface area contributed by atoms with Crippen LogP contribution >= 0.6 is 23.2 Å². The van der Waals surface area contributed by atoms with Crippen LogP contribution in [0.4, 0.5) is 0 Å². The number of ether oxygens (including phenoxy) is 2. The normalized spacial score (nSPS) is 11.5. The second-order valence-corrected chi connectivity index (χ2v) is 10.2. The maximum Gasteiger partial charge on any atom is 0.243 e. The Balaban J connectivity index is 1.90. The molecule has 0 aromatic heterocycles. The smallest absolute Gasteiger partial charge is 0.243 e. The molecule has 0 heterocycles. The van der Waals surface area contributed by atoms with Gasteiger partial charge in [0.15, 0.2) is 11.5 Å². The van der Waals surface area contributed by atoms with Gasteiger partial charge < -0.3 is 19.7 Å². The number of nitrogens with zero attached hydrogens (tertiary/aromatic N) is 1. The summed E-state index contributed by atoms with van der Waals surface area (Å²) in [6.45, 7) is 7.64. The summed E-state index contributed by atoms with van der Waals surface area (Å²) in [6, 6.07) is 20.1. The number of hydrogen-bond acceptors (Lipinski definition) is 4. The Hall–Kier alpha value is -3.22. The molecular weight excluding hydrogens is 547 g/mol. The Morgan fingerprint density at radius 3 is 2.20 bits per heavy atom. The Kier molecular flexibility index (Phi) is 12.6. The number of carbonyl (C=O) groups is 2. The lowest BCUT2D eigenvalue weighted by molar-refractivity contribution is -0.141. The van der Waals surface area contributed by atoms with Gasteiger partial charge in [-0.1, -0.05) is 72.6 Å². The van der Waals surface area contributed by atoms with Gasteiger partial charge in [-0.3, -0.25) is 9.59 Å². The van der Waals surface area contributed by atoms with Crippen molar-refractivity contribution in [1.82, 2.24) is 10.2 Å². The number of nitrogens with one attached hydrogen (secondary N) is 1. The molecule has 2 amide bonds. The van der Waals surface area contributed by atoms with Crippen LogP contribution in [0.25, 0.3) is 0 Å². The highest BCUT2D eigenvalue weighted by molar-refractivity contribution is 6.42. The van der Waals surface area contributed by atoms with Crippen molar-refractivity contribution in [2.24, 2.45) is 0 Å². The van der Waals surface area contributed by atoms with Crippen LogP contribution in [0.1, 0.15) is 50.3 Å². The minimum absolute atomic E-state index is 0.134. The Morgan fingerprint density at radius 1 is 0.825 bits per heavy atom. The summed E-state index contributed by atoms with van der Waals surface area (Å²) in [4.78, 5) is 29.0. The van der Waals surface area contributed by atoms with E-state index in [2.05, 4.69) is 5.32 Å². The third-order valence-electron chi connectivity index (χ3n) is 6.39. The molecule has 40 heavy (non-hydrogen) atoms. The first-order chi connectivity index (χ1) is 19.4. The molecule has 3 rings (SSSR count). The van der Waals surface area contributed by atoms with E-state index in [-0.39, 0.29) is 24.8 Å². The molecule has 0 aliphatic heterocycles. The van der Waals surface area contributed by atoms with Crippen molar-refractivity contribution in [3.63, 3.8) is 0 Å². The summed E-state index contributed by atoms with van der Waals surface area (Å²) >= 11 is 12.4. The second kappa shape index (κ2) is 16.1. The standard InChI is InChI=1S/C32H38Cl2N2O4/c1-4-18-35-32(38)28(20-23-10-8-7-9-11-23)36(22-25-12-15-26(33)27(34)19-25)31(37)17-14-24-13-16-29(39-5-2)30(21-24)40-6-3/h7-13,15-16,19,21,28H,4-6,14,17-18,20,22H2,1-3H3,(H,35,38)/t28-/m0/s1. The highest BCUT2D eigenvalue weighted by Crippen LogP contribution is 2.29. The predicted molar refractivity (Wildman–Crippen MR) is 161 cm³/mol. The zero-order chi connectivity index (χ0) is 28.9. The van der Waals surface area contributed by atoms with E-state index in [0.717, 1.165) is 23.1 Å². The van der Waals surface area contributed by atoms with Crippen molar-refractivity contribution in [3.8, 4) is 11.5 Å². The third-order valence-corrected chi connectivity index (χ3v) is 7.13. The fraction of sp³-hybridized carbons (Fsp3) is 0.375. The molecule has 0 saturated carbocycles. The van der Waals surface area contributed by atoms with Gasteiger partial charge in [0, 0.05) is 25.9 Å². The number of rotatable bonds is 15. The second-order valence-electron chi connectivity index (χ2n) is 9.41. The van der Waals surface area contributed by atoms with Crippen LogP contribution in [0.2, 0.25) is 10.0 Å². The van der Waals surface area contributed by atoms with Gasteiger partial charge in [0.2, 0.25) is 11.8 Å². The van der Waals surface area contributed by atoms with Gasteiger partial charge in [-0.25, -0.2) is 0 Å². The van der Waals surface area contributed by atoms with Gasteiger partial charge >= 0.3 is 0 Å². The Bertz CT molecular complexity index is 1250. The number of hydrogen-bond donors (Lipinski definition) is 1. The molecule has 8 heteroatoms. The van der Waals surface area contributed by atoms with Gasteiger partial charge in [0.05, 0.1) is 23.3 Å². The Labute approximate surface area is 247 Å². The predicted octanol–water partition coefficient (Wildman–Crippen LogP) is 6.89. The van der Waals surface area contributed by atoms with E-state index in [0.29, 0.717) is 54.1 Å². The molecule has 1 N–H and O–H groups in total. The average molecular weight is 586 g/mol. The molecule has 3 aromatic rings. The highest BCUT2D eigenvalue weighted by Gasteiger charge is 2.30. The minimum atomic E-state index is -0.699. The third kappa shape index (κ3) is 9.17. The van der Waals surface area contributed by atoms with Crippen molar-refractivity contribution in [1.29, 1.82) is 0 Å². The molecule has 214 valence electrons. The first-order valence-electron chi connectivity index (χ1n) is 13.8. The fourth-order valence-electron chi connectivity index (χ4n) is 4.40. The van der Waals surface area contributed by atoms with Crippen molar-refractivity contribution < 1.29 is 19.1 Å². The lowest BCUT2D eigenvalue weighted by atomic mass is 10.0. The van der Waals surface area contributed by atoms with E-state index < -0.39 is 6.04 Å². The van der Waals surface area contributed by atoms with Crippen LogP contribution < -0.4 is 14.8 Å². The highest BCUT2D eigenvalue weighted by atomic mass is 35.5. The molecular formula is C32H38Cl2N2O4. The number of aryl methyl sites for hydroxylation is 1. The van der Waals surface area contributed by atoms with Crippen molar-refractivity contribution in [2.45, 2.75) is 59.0 Å². The molecule has 0 saturated heterocycles. The SMILES string of the molecule is CCCNC(=O)[C@H](Cc1ccccc1)N(Cc1ccc(Cl)c(Cl)c1)C(=O)CCc1ccc(OCC)c(OCC)c1. The molecule has 6 nitrogen and oxygen atoms in total. The van der Waals surface area contributed by atoms with Crippen LogP contribution in [-0.2, 0) is 29.0 Å². The van der Waals surface area contributed by atoms with E-state index in [1.54, 1.807) is 17.0 Å². The molecule has 0 spiro atoms. The van der Waals surface area contributed by atoms with Gasteiger partial charge in [0.1, 0.15) is 6.04 Å². The Morgan fingerprint density at radius 2 is 1.52 bits per heavy atom. The molecule has 0 unspecified atom stereocenters. The molecule has 0 aliphatic rings. The largest absolute Gasteiger partial charge is 0.490 e. The van der Waals surface area contributed by atoms with Gasteiger partial charge in [-0.05, 0) is 67.6 Å². The fourth-order valence-corrected chi connectivity index (χ4v) is 4.72. The zero-order valence-electron chi connectivity index (χ0n) is 23.4. The van der Waals surface area contributed by atoms with E-state index in [9.17, 15) is 9.59 Å². The van der Waals surface area contributed by atoms with E-state index in [1.165, 1.54) is 0 Å². The van der Waals surface area contributed by atoms with E-state index in [4.69, 9.17) is 32.7 Å². The van der Waals surface area contributed by atoms with Crippen LogP contribution in [0.15, 0.2) is 66.7 Å². The van der Waals surface area contributed by atoms with Crippen molar-refractivity contribution >= 4 is 35.0 Å². The number of benzene rings is 3. The molecule has 0 bridgehead atoms. The molecule has 3 aromatic carbocycles. The first kappa shape index (κ1) is 31.3.